The van der Waals surface area contributed by atoms with Crippen LogP contribution < -0.4 is 10.6 Å². The summed E-state index contributed by atoms with van der Waals surface area (Å²) in [6.45, 7) is 3.28. The highest BCUT2D eigenvalue weighted by Gasteiger charge is 2.41. The fourth-order valence-electron chi connectivity index (χ4n) is 4.05. The molecular formula is C28H26N4O4. The van der Waals surface area contributed by atoms with E-state index in [1.807, 2.05) is 78.9 Å². The maximum Gasteiger partial charge on any atom is 0.338 e. The fourth-order valence-corrected chi connectivity index (χ4v) is 4.05. The van der Waals surface area contributed by atoms with E-state index in [9.17, 15) is 9.59 Å². The summed E-state index contributed by atoms with van der Waals surface area (Å²) < 4.78 is 10.6. The van der Waals surface area contributed by atoms with E-state index in [2.05, 4.69) is 20.8 Å². The highest BCUT2D eigenvalue weighted by atomic mass is 16.8. The van der Waals surface area contributed by atoms with Gasteiger partial charge in [0, 0.05) is 36.3 Å². The molecular weight excluding hydrogens is 456 g/mol. The molecule has 0 saturated carbocycles. The maximum absolute atomic E-state index is 12.5. The lowest BCUT2D eigenvalue weighted by molar-refractivity contribution is -0.160. The molecule has 1 saturated heterocycles. The van der Waals surface area contributed by atoms with Gasteiger partial charge < -0.3 is 20.1 Å². The molecule has 1 amide bonds. The molecule has 3 aromatic carbocycles. The minimum Gasteiger partial charge on any atom is -0.432 e. The molecule has 4 aromatic rings. The first-order chi connectivity index (χ1) is 17.3. The third-order valence-corrected chi connectivity index (χ3v) is 5.67. The monoisotopic (exact) mass is 482 g/mol. The van der Waals surface area contributed by atoms with Crippen molar-refractivity contribution in [1.82, 2.24) is 10.2 Å². The lowest BCUT2D eigenvalue weighted by Crippen LogP contribution is -2.26. The van der Waals surface area contributed by atoms with E-state index in [4.69, 9.17) is 9.47 Å². The minimum atomic E-state index is -1.01. The molecule has 8 nitrogen and oxygen atoms in total. The number of carbonyl (C=O) groups excluding carboxylic acids is 2. The van der Waals surface area contributed by atoms with Crippen LogP contribution in [0.5, 0.6) is 0 Å². The van der Waals surface area contributed by atoms with Crippen molar-refractivity contribution >= 4 is 52.0 Å². The number of hydrogen-bond acceptors (Lipinski definition) is 6. The van der Waals surface area contributed by atoms with Crippen molar-refractivity contribution in [1.29, 1.82) is 0 Å². The van der Waals surface area contributed by atoms with Crippen molar-refractivity contribution in [3.8, 4) is 0 Å². The number of esters is 1. The van der Waals surface area contributed by atoms with E-state index in [0.717, 1.165) is 33.5 Å². The first-order valence-electron chi connectivity index (χ1n) is 11.6. The van der Waals surface area contributed by atoms with Crippen LogP contribution in [0.4, 0.5) is 17.1 Å². The number of benzene rings is 3. The normalized spacial score (nSPS) is 16.8. The molecule has 1 fully saturated rings. The largest absolute Gasteiger partial charge is 0.432 e. The average molecular weight is 483 g/mol. The Bertz CT molecular complexity index is 1440. The van der Waals surface area contributed by atoms with Crippen LogP contribution in [-0.2, 0) is 19.1 Å². The number of anilines is 3. The number of H-pyrrole nitrogens is 1. The molecule has 182 valence electrons. The molecule has 0 bridgehead atoms. The molecule has 0 spiro atoms. The van der Waals surface area contributed by atoms with Crippen LogP contribution >= 0.6 is 0 Å². The smallest absolute Gasteiger partial charge is 0.338 e. The second-order valence-electron chi connectivity index (χ2n) is 9.00. The molecule has 1 aliphatic rings. The molecule has 36 heavy (non-hydrogen) atoms. The number of amides is 1. The highest BCUT2D eigenvalue weighted by Crippen LogP contribution is 2.27. The number of aromatic amines is 1. The van der Waals surface area contributed by atoms with Crippen LogP contribution in [0.3, 0.4) is 0 Å². The predicted molar refractivity (Wildman–Crippen MR) is 139 cm³/mol. The molecule has 3 N–H and O–H groups in total. The van der Waals surface area contributed by atoms with Crippen LogP contribution in [0.1, 0.15) is 31.5 Å². The SMILES string of the molecule is CC1(C)OC(=O)[C@H](CC(=O)Nc2cccc(Nc3ccc4c(/C=C/c5ccccc5)n[nH]c4c3)c2)O1. The summed E-state index contributed by atoms with van der Waals surface area (Å²) in [7, 11) is 0. The Hall–Kier alpha value is -4.43. The first-order valence-corrected chi connectivity index (χ1v) is 11.6. The van der Waals surface area contributed by atoms with E-state index in [1.165, 1.54) is 0 Å². The van der Waals surface area contributed by atoms with Crippen LogP contribution in [0.15, 0.2) is 72.8 Å². The van der Waals surface area contributed by atoms with Crippen LogP contribution in [-0.4, -0.2) is 34.0 Å². The molecule has 5 rings (SSSR count). The van der Waals surface area contributed by atoms with Crippen LogP contribution in [0.2, 0.25) is 0 Å². The van der Waals surface area contributed by atoms with E-state index in [1.54, 1.807) is 19.9 Å². The summed E-state index contributed by atoms with van der Waals surface area (Å²) in [5.41, 5.74) is 5.16. The lowest BCUT2D eigenvalue weighted by Gasteiger charge is -2.15. The Morgan fingerprint density at radius 1 is 1.00 bits per heavy atom. The molecule has 2 heterocycles. The zero-order valence-electron chi connectivity index (χ0n) is 19.9. The molecule has 0 aliphatic carbocycles. The van der Waals surface area contributed by atoms with Crippen molar-refractivity contribution in [3.63, 3.8) is 0 Å². The summed E-state index contributed by atoms with van der Waals surface area (Å²) >= 11 is 0. The Kier molecular flexibility index (Phi) is 6.26. The van der Waals surface area contributed by atoms with Gasteiger partial charge in [-0.1, -0.05) is 42.5 Å². The fraction of sp³-hybridized carbons (Fsp3) is 0.179. The van der Waals surface area contributed by atoms with Crippen LogP contribution in [0.25, 0.3) is 23.1 Å². The van der Waals surface area contributed by atoms with E-state index >= 15 is 0 Å². The standard InChI is InChI=1S/C28H26N4O4/c1-28(2)35-25(27(34)36-28)17-26(33)30-20-10-6-9-19(15-20)29-21-12-13-22-23(31-32-24(22)16-21)14-11-18-7-4-3-5-8-18/h3-16,25,29H,17H2,1-2H3,(H,30,33)(H,31,32)/b14-11+/t25-/m0/s1. The number of nitrogens with one attached hydrogen (secondary N) is 3. The van der Waals surface area contributed by atoms with Crippen molar-refractivity contribution in [2.75, 3.05) is 10.6 Å². The molecule has 8 heteroatoms. The van der Waals surface area contributed by atoms with Gasteiger partial charge in [0.25, 0.3) is 0 Å². The highest BCUT2D eigenvalue weighted by molar-refractivity contribution is 5.95. The predicted octanol–water partition coefficient (Wildman–Crippen LogP) is 5.48. The molecule has 1 aliphatic heterocycles. The number of hydrogen-bond donors (Lipinski definition) is 3. The van der Waals surface area contributed by atoms with Gasteiger partial charge in [-0.15, -0.1) is 0 Å². The first kappa shape index (κ1) is 23.3. The van der Waals surface area contributed by atoms with Crippen molar-refractivity contribution < 1.29 is 19.1 Å². The lowest BCUT2D eigenvalue weighted by atomic mass is 10.1. The van der Waals surface area contributed by atoms with Crippen molar-refractivity contribution in [2.45, 2.75) is 32.2 Å². The van der Waals surface area contributed by atoms with Gasteiger partial charge in [-0.3, -0.25) is 9.89 Å². The van der Waals surface area contributed by atoms with E-state index < -0.39 is 17.9 Å². The number of nitrogens with zero attached hydrogens (tertiary/aromatic N) is 1. The van der Waals surface area contributed by atoms with E-state index in [-0.39, 0.29) is 12.3 Å². The summed E-state index contributed by atoms with van der Waals surface area (Å²) in [5, 5.41) is 14.7. The van der Waals surface area contributed by atoms with Gasteiger partial charge in [-0.25, -0.2) is 4.79 Å². The second-order valence-corrected chi connectivity index (χ2v) is 9.00. The Morgan fingerprint density at radius 3 is 2.56 bits per heavy atom. The van der Waals surface area contributed by atoms with Crippen molar-refractivity contribution in [3.05, 3.63) is 84.1 Å². The topological polar surface area (TPSA) is 105 Å². The van der Waals surface area contributed by atoms with Gasteiger partial charge in [0.2, 0.25) is 11.7 Å². The van der Waals surface area contributed by atoms with Gasteiger partial charge in [0.05, 0.1) is 17.6 Å². The maximum atomic E-state index is 12.5. The Morgan fingerprint density at radius 2 is 1.78 bits per heavy atom. The minimum absolute atomic E-state index is 0.114. The Labute approximate surface area is 208 Å². The van der Waals surface area contributed by atoms with Gasteiger partial charge in [0.15, 0.2) is 6.10 Å². The third-order valence-electron chi connectivity index (χ3n) is 5.67. The average Bonchev–Trinajstić information content (AvgIpc) is 3.36. The number of ether oxygens (including phenoxy) is 2. The van der Waals surface area contributed by atoms with E-state index in [0.29, 0.717) is 5.69 Å². The van der Waals surface area contributed by atoms with Gasteiger partial charge in [-0.2, -0.15) is 5.10 Å². The number of rotatable bonds is 7. The van der Waals surface area contributed by atoms with Gasteiger partial charge in [0.1, 0.15) is 0 Å². The summed E-state index contributed by atoms with van der Waals surface area (Å²) in [5.74, 6) is -1.87. The van der Waals surface area contributed by atoms with Gasteiger partial charge in [-0.05, 0) is 48.0 Å². The molecule has 0 radical (unpaired) electrons. The quantitative estimate of drug-likeness (QED) is 0.301. The third kappa shape index (κ3) is 5.45. The number of cyclic esters (lactones) is 1. The summed E-state index contributed by atoms with van der Waals surface area (Å²) in [6.07, 6.45) is 3.00. The summed E-state index contributed by atoms with van der Waals surface area (Å²) in [6, 6.07) is 23.4. The van der Waals surface area contributed by atoms with Crippen LogP contribution in [0, 0.1) is 0 Å². The summed E-state index contributed by atoms with van der Waals surface area (Å²) in [4.78, 5) is 24.3. The molecule has 1 atom stereocenters. The zero-order valence-corrected chi connectivity index (χ0v) is 19.9. The molecule has 1 aromatic heterocycles. The van der Waals surface area contributed by atoms with Gasteiger partial charge >= 0.3 is 5.97 Å². The Balaban J connectivity index is 1.24. The second kappa shape index (κ2) is 9.67. The van der Waals surface area contributed by atoms with Crippen molar-refractivity contribution in [2.24, 2.45) is 0 Å². The molecule has 0 unspecified atom stereocenters. The number of carbonyl (C=O) groups is 2. The number of fused-ring (bicyclic) bond motifs is 1. The zero-order chi connectivity index (χ0) is 25.1. The number of aromatic nitrogens is 2.